The Labute approximate surface area is 130 Å². The number of hydrogen-bond donors (Lipinski definition) is 1. The predicted molar refractivity (Wildman–Crippen MR) is 83.6 cm³/mol. The average molecular weight is 322 g/mol. The lowest BCUT2D eigenvalue weighted by atomic mass is 10.3. The van der Waals surface area contributed by atoms with E-state index in [4.69, 9.17) is 9.47 Å². The molecule has 0 fully saturated rings. The fourth-order valence-corrected chi connectivity index (χ4v) is 2.80. The maximum absolute atomic E-state index is 11.6. The number of ether oxygens (including phenoxy) is 2. The third-order valence-electron chi connectivity index (χ3n) is 3.08. The highest BCUT2D eigenvalue weighted by molar-refractivity contribution is 7.86. The highest BCUT2D eigenvalue weighted by atomic mass is 32.2. The molecular weight excluding hydrogens is 304 g/mol. The summed E-state index contributed by atoms with van der Waals surface area (Å²) < 4.78 is 43.8. The van der Waals surface area contributed by atoms with Gasteiger partial charge in [0.05, 0.1) is 0 Å². The number of benzene rings is 2. The van der Waals surface area contributed by atoms with Gasteiger partial charge >= 0.3 is 0 Å². The first-order valence-corrected chi connectivity index (χ1v) is 8.40. The Morgan fingerprint density at radius 1 is 0.909 bits per heavy atom. The Hall–Kier alpha value is -2.05. The zero-order valence-electron chi connectivity index (χ0n) is 12.1. The lowest BCUT2D eigenvalue weighted by Gasteiger charge is -2.25. The van der Waals surface area contributed by atoms with Crippen molar-refractivity contribution in [3.05, 3.63) is 60.7 Å². The minimum Gasteiger partial charge on any atom is -0.453 e. The van der Waals surface area contributed by atoms with Gasteiger partial charge in [-0.1, -0.05) is 43.3 Å². The predicted octanol–water partition coefficient (Wildman–Crippen LogP) is 3.14. The van der Waals surface area contributed by atoms with Crippen LogP contribution in [0.15, 0.2) is 60.7 Å². The van der Waals surface area contributed by atoms with Crippen LogP contribution in [0.1, 0.15) is 13.3 Å². The second-order valence-electron chi connectivity index (χ2n) is 4.69. The molecule has 2 aromatic rings. The van der Waals surface area contributed by atoms with Crippen LogP contribution in [0, 0.1) is 0 Å². The van der Waals surface area contributed by atoms with Gasteiger partial charge in [0.25, 0.3) is 16.4 Å². The number of rotatable bonds is 7. The van der Waals surface area contributed by atoms with Gasteiger partial charge in [-0.2, -0.15) is 8.42 Å². The molecule has 0 aliphatic heterocycles. The van der Waals surface area contributed by atoms with Gasteiger partial charge in [-0.3, -0.25) is 4.55 Å². The van der Waals surface area contributed by atoms with Crippen molar-refractivity contribution in [2.75, 3.05) is 0 Å². The summed E-state index contributed by atoms with van der Waals surface area (Å²) >= 11 is 0. The summed E-state index contributed by atoms with van der Waals surface area (Å²) in [4.78, 5) is 0. The molecule has 2 aromatic carbocycles. The maximum Gasteiger partial charge on any atom is 0.275 e. The monoisotopic (exact) mass is 322 g/mol. The molecule has 2 rings (SSSR count). The summed E-state index contributed by atoms with van der Waals surface area (Å²) in [5, 5.41) is -1.19. The molecule has 118 valence electrons. The molecule has 1 atom stereocenters. The quantitative estimate of drug-likeness (QED) is 0.626. The fraction of sp³-hybridized carbons (Fsp3) is 0.250. The van der Waals surface area contributed by atoms with E-state index in [1.54, 1.807) is 55.5 Å². The van der Waals surface area contributed by atoms with Crippen LogP contribution in [-0.4, -0.2) is 24.5 Å². The molecule has 0 aromatic heterocycles. The van der Waals surface area contributed by atoms with E-state index in [1.807, 2.05) is 12.1 Å². The van der Waals surface area contributed by atoms with E-state index >= 15 is 0 Å². The van der Waals surface area contributed by atoms with Crippen molar-refractivity contribution in [2.45, 2.75) is 24.9 Å². The van der Waals surface area contributed by atoms with Crippen LogP contribution in [0.5, 0.6) is 11.5 Å². The summed E-state index contributed by atoms with van der Waals surface area (Å²) in [5.41, 5.74) is 0. The van der Waals surface area contributed by atoms with Crippen LogP contribution in [0.25, 0.3) is 0 Å². The molecule has 22 heavy (non-hydrogen) atoms. The summed E-state index contributed by atoms with van der Waals surface area (Å²) in [5.74, 6) is 0.927. The molecule has 0 aliphatic carbocycles. The molecule has 0 spiro atoms. The Kier molecular flexibility index (Phi) is 5.41. The SMILES string of the molecule is CCC(C(Oc1ccccc1)Oc1ccccc1)S(=O)(=O)O. The van der Waals surface area contributed by atoms with Gasteiger partial charge in [0, 0.05) is 0 Å². The first-order chi connectivity index (χ1) is 10.5. The number of hydrogen-bond acceptors (Lipinski definition) is 4. The van der Waals surface area contributed by atoms with E-state index in [0.717, 1.165) is 0 Å². The molecular formula is C16H18O5S. The second kappa shape index (κ2) is 7.29. The average Bonchev–Trinajstić information content (AvgIpc) is 2.48. The van der Waals surface area contributed by atoms with Crippen LogP contribution < -0.4 is 9.47 Å². The topological polar surface area (TPSA) is 72.8 Å². The highest BCUT2D eigenvalue weighted by Crippen LogP contribution is 2.21. The summed E-state index contributed by atoms with van der Waals surface area (Å²) in [6.45, 7) is 1.65. The molecule has 0 saturated carbocycles. The molecule has 5 nitrogen and oxygen atoms in total. The van der Waals surface area contributed by atoms with Crippen LogP contribution >= 0.6 is 0 Å². The van der Waals surface area contributed by atoms with Crippen LogP contribution in [0.2, 0.25) is 0 Å². The molecule has 1 N–H and O–H groups in total. The minimum absolute atomic E-state index is 0.156. The molecule has 0 heterocycles. The van der Waals surface area contributed by atoms with E-state index in [0.29, 0.717) is 11.5 Å². The first-order valence-electron chi connectivity index (χ1n) is 6.90. The van der Waals surface area contributed by atoms with E-state index in [9.17, 15) is 13.0 Å². The second-order valence-corrected chi connectivity index (χ2v) is 6.33. The van der Waals surface area contributed by atoms with Crippen molar-refractivity contribution >= 4 is 10.1 Å². The number of para-hydroxylation sites is 2. The standard InChI is InChI=1S/C16H18O5S/c1-2-15(22(17,18)19)16(20-13-9-5-3-6-10-13)21-14-11-7-4-8-12-14/h3-12,15-16H,2H2,1H3,(H,17,18,19). The van der Waals surface area contributed by atoms with Crippen LogP contribution in [0.3, 0.4) is 0 Å². The molecule has 0 saturated heterocycles. The van der Waals surface area contributed by atoms with Crippen molar-refractivity contribution in [2.24, 2.45) is 0 Å². The lowest BCUT2D eigenvalue weighted by molar-refractivity contribution is 0.000445. The molecule has 0 aliphatic rings. The van der Waals surface area contributed by atoms with Crippen LogP contribution in [0.4, 0.5) is 0 Å². The smallest absolute Gasteiger partial charge is 0.275 e. The minimum atomic E-state index is -4.30. The zero-order chi connectivity index (χ0) is 16.0. The van der Waals surface area contributed by atoms with E-state index in [1.165, 1.54) is 0 Å². The third-order valence-corrected chi connectivity index (χ3v) is 4.40. The largest absolute Gasteiger partial charge is 0.453 e. The molecule has 1 unspecified atom stereocenters. The Balaban J connectivity index is 2.27. The molecule has 0 bridgehead atoms. The molecule has 6 heteroatoms. The normalized spacial score (nSPS) is 12.9. The summed E-state index contributed by atoms with van der Waals surface area (Å²) in [6, 6.07) is 17.5. The van der Waals surface area contributed by atoms with Gasteiger partial charge in [0.15, 0.2) is 5.25 Å². The van der Waals surface area contributed by atoms with Gasteiger partial charge in [0.1, 0.15) is 11.5 Å². The van der Waals surface area contributed by atoms with Gasteiger partial charge < -0.3 is 9.47 Å². The van der Waals surface area contributed by atoms with Crippen molar-refractivity contribution < 1.29 is 22.4 Å². The lowest BCUT2D eigenvalue weighted by Crippen LogP contribution is -2.41. The third kappa shape index (κ3) is 4.47. The van der Waals surface area contributed by atoms with Gasteiger partial charge in [0.2, 0.25) is 0 Å². The van der Waals surface area contributed by atoms with E-state index < -0.39 is 21.7 Å². The Morgan fingerprint density at radius 3 is 1.64 bits per heavy atom. The molecule has 0 amide bonds. The first kappa shape index (κ1) is 16.3. The van der Waals surface area contributed by atoms with Crippen molar-refractivity contribution in [1.29, 1.82) is 0 Å². The Bertz CT molecular complexity index is 629. The maximum atomic E-state index is 11.6. The van der Waals surface area contributed by atoms with Gasteiger partial charge in [-0.05, 0) is 30.7 Å². The van der Waals surface area contributed by atoms with Gasteiger partial charge in [-0.15, -0.1) is 0 Å². The van der Waals surface area contributed by atoms with Crippen molar-refractivity contribution in [3.8, 4) is 11.5 Å². The van der Waals surface area contributed by atoms with Crippen LogP contribution in [-0.2, 0) is 10.1 Å². The van der Waals surface area contributed by atoms with E-state index in [2.05, 4.69) is 0 Å². The van der Waals surface area contributed by atoms with Crippen molar-refractivity contribution in [1.82, 2.24) is 0 Å². The summed E-state index contributed by atoms with van der Waals surface area (Å²) in [7, 11) is -4.30. The van der Waals surface area contributed by atoms with Crippen molar-refractivity contribution in [3.63, 3.8) is 0 Å². The highest BCUT2D eigenvalue weighted by Gasteiger charge is 2.34. The summed E-state index contributed by atoms with van der Waals surface area (Å²) in [6.07, 6.45) is -0.992. The fourth-order valence-electron chi connectivity index (χ4n) is 1.99. The van der Waals surface area contributed by atoms with Gasteiger partial charge in [-0.25, -0.2) is 0 Å². The van der Waals surface area contributed by atoms with E-state index in [-0.39, 0.29) is 6.42 Å². The molecule has 0 radical (unpaired) electrons. The Morgan fingerprint density at radius 2 is 1.32 bits per heavy atom. The zero-order valence-corrected chi connectivity index (χ0v) is 12.9.